The van der Waals surface area contributed by atoms with Gasteiger partial charge in [0, 0.05) is 11.9 Å². The fraction of sp³-hybridized carbons (Fsp3) is 0.444. The quantitative estimate of drug-likeness (QED) is 0.768. The summed E-state index contributed by atoms with van der Waals surface area (Å²) in [5.41, 5.74) is 2.91. The molecule has 1 atom stereocenters. The zero-order valence-electron chi connectivity index (χ0n) is 14.3. The third-order valence-corrected chi connectivity index (χ3v) is 4.20. The summed E-state index contributed by atoms with van der Waals surface area (Å²) in [5.74, 6) is 0.360. The molecule has 0 fully saturated rings. The monoisotopic (exact) mass is 348 g/mol. The van der Waals surface area contributed by atoms with E-state index in [2.05, 4.69) is 10.3 Å². The van der Waals surface area contributed by atoms with Gasteiger partial charge in [0.1, 0.15) is 12.4 Å². The van der Waals surface area contributed by atoms with Gasteiger partial charge in [-0.25, -0.2) is 4.98 Å². The first kappa shape index (κ1) is 18.4. The summed E-state index contributed by atoms with van der Waals surface area (Å²) in [6.45, 7) is 6.61. The smallest absolute Gasteiger partial charge is 0.255 e. The fourth-order valence-corrected chi connectivity index (χ4v) is 3.07. The lowest BCUT2D eigenvalue weighted by molar-refractivity contribution is 0.0897. The second kappa shape index (κ2) is 8.26. The second-order valence-corrected chi connectivity index (χ2v) is 7.38. The largest absolute Gasteiger partial charge is 0.486 e. The fourth-order valence-electron chi connectivity index (χ4n) is 2.53. The summed E-state index contributed by atoms with van der Waals surface area (Å²) >= 11 is 1.51. The van der Waals surface area contributed by atoms with Gasteiger partial charge in [-0.05, 0) is 30.9 Å². The summed E-state index contributed by atoms with van der Waals surface area (Å²) < 4.78 is 5.74. The molecule has 0 radical (unpaired) electrons. The number of hydrogen-bond donors (Lipinski definition) is 2. The summed E-state index contributed by atoms with van der Waals surface area (Å²) in [4.78, 5) is 16.7. The number of amides is 1. The van der Waals surface area contributed by atoms with Crippen LogP contribution in [-0.4, -0.2) is 28.6 Å². The molecule has 2 rings (SSSR count). The molecule has 1 unspecified atom stereocenters. The Bertz CT molecular complexity index is 654. The Hall–Kier alpha value is -1.92. The van der Waals surface area contributed by atoms with Crippen LogP contribution in [-0.2, 0) is 6.61 Å². The Morgan fingerprint density at radius 2 is 2.17 bits per heavy atom. The van der Waals surface area contributed by atoms with Gasteiger partial charge in [-0.15, -0.1) is 11.3 Å². The number of carbonyl (C=O) groups is 1. The summed E-state index contributed by atoms with van der Waals surface area (Å²) in [5, 5.41) is 14.4. The highest BCUT2D eigenvalue weighted by Gasteiger charge is 2.22. The molecule has 2 aromatic rings. The number of nitrogens with one attached hydrogen (secondary N) is 1. The number of carbonyl (C=O) groups excluding carboxylic acids is 1. The van der Waals surface area contributed by atoms with Crippen molar-refractivity contribution in [1.29, 1.82) is 0 Å². The van der Waals surface area contributed by atoms with Crippen LogP contribution < -0.4 is 10.1 Å². The zero-order valence-corrected chi connectivity index (χ0v) is 15.1. The molecule has 0 bridgehead atoms. The van der Waals surface area contributed by atoms with Crippen LogP contribution in [0.4, 0.5) is 0 Å². The number of benzene rings is 1. The molecule has 1 heterocycles. The van der Waals surface area contributed by atoms with Gasteiger partial charge < -0.3 is 15.2 Å². The van der Waals surface area contributed by atoms with Crippen LogP contribution >= 0.6 is 11.3 Å². The van der Waals surface area contributed by atoms with Crippen LogP contribution in [0.1, 0.15) is 43.2 Å². The lowest BCUT2D eigenvalue weighted by Gasteiger charge is -2.26. The minimum Gasteiger partial charge on any atom is -0.486 e. The van der Waals surface area contributed by atoms with Crippen LogP contribution in [0.5, 0.6) is 5.75 Å². The van der Waals surface area contributed by atoms with E-state index in [-0.39, 0.29) is 11.3 Å². The van der Waals surface area contributed by atoms with Gasteiger partial charge in [0.2, 0.25) is 0 Å². The van der Waals surface area contributed by atoms with Gasteiger partial charge in [-0.1, -0.05) is 26.0 Å². The lowest BCUT2D eigenvalue weighted by atomic mass is 9.87. The van der Waals surface area contributed by atoms with E-state index in [1.807, 2.05) is 31.4 Å². The maximum Gasteiger partial charge on any atom is 0.255 e. The van der Waals surface area contributed by atoms with E-state index in [0.717, 1.165) is 5.69 Å². The topological polar surface area (TPSA) is 71.5 Å². The van der Waals surface area contributed by atoms with Crippen LogP contribution in [0, 0.1) is 5.41 Å². The molecule has 1 aromatic carbocycles. The first-order valence-electron chi connectivity index (χ1n) is 7.92. The normalized spacial score (nSPS) is 12.7. The number of rotatable bonds is 8. The minimum absolute atomic E-state index is 0.178. The third-order valence-electron chi connectivity index (χ3n) is 3.57. The maximum atomic E-state index is 12.5. The van der Waals surface area contributed by atoms with Crippen molar-refractivity contribution in [3.63, 3.8) is 0 Å². The van der Waals surface area contributed by atoms with Crippen molar-refractivity contribution < 1.29 is 14.6 Å². The highest BCUT2D eigenvalue weighted by molar-refractivity contribution is 7.07. The molecular weight excluding hydrogens is 324 g/mol. The van der Waals surface area contributed by atoms with Gasteiger partial charge in [-0.3, -0.25) is 4.79 Å². The maximum absolute atomic E-state index is 12.5. The number of hydrogen-bond acceptors (Lipinski definition) is 5. The molecule has 1 aromatic heterocycles. The van der Waals surface area contributed by atoms with E-state index in [4.69, 9.17) is 4.74 Å². The SMILES string of the molecule is CC(O)CC(C)(C)CNC(=O)c1ccccc1OCc1cscn1. The van der Waals surface area contributed by atoms with E-state index >= 15 is 0 Å². The number of para-hydroxylation sites is 1. The van der Waals surface area contributed by atoms with Crippen LogP contribution in [0.3, 0.4) is 0 Å². The van der Waals surface area contributed by atoms with Gasteiger partial charge in [-0.2, -0.15) is 0 Å². The molecule has 24 heavy (non-hydrogen) atoms. The third kappa shape index (κ3) is 5.62. The average Bonchev–Trinajstić information content (AvgIpc) is 3.03. The second-order valence-electron chi connectivity index (χ2n) is 6.66. The van der Waals surface area contributed by atoms with Crippen molar-refractivity contribution >= 4 is 17.2 Å². The van der Waals surface area contributed by atoms with E-state index in [1.54, 1.807) is 24.6 Å². The molecule has 0 aliphatic rings. The van der Waals surface area contributed by atoms with Crippen LogP contribution in [0.15, 0.2) is 35.2 Å². The van der Waals surface area contributed by atoms with Crippen LogP contribution in [0.25, 0.3) is 0 Å². The number of aliphatic hydroxyl groups excluding tert-OH is 1. The van der Waals surface area contributed by atoms with Crippen LogP contribution in [0.2, 0.25) is 0 Å². The van der Waals surface area contributed by atoms with Crippen molar-refractivity contribution in [2.45, 2.75) is 39.9 Å². The van der Waals surface area contributed by atoms with Crippen molar-refractivity contribution in [1.82, 2.24) is 10.3 Å². The molecule has 0 saturated carbocycles. The van der Waals surface area contributed by atoms with E-state index < -0.39 is 6.10 Å². The van der Waals surface area contributed by atoms with E-state index in [9.17, 15) is 9.90 Å². The molecule has 0 aliphatic carbocycles. The molecule has 0 spiro atoms. The van der Waals surface area contributed by atoms with Gasteiger partial charge in [0.25, 0.3) is 5.91 Å². The summed E-state index contributed by atoms with van der Waals surface area (Å²) in [7, 11) is 0. The Balaban J connectivity index is 1.98. The Labute approximate surface area is 146 Å². The Morgan fingerprint density at radius 3 is 2.83 bits per heavy atom. The first-order chi connectivity index (χ1) is 11.4. The lowest BCUT2D eigenvalue weighted by Crippen LogP contribution is -2.35. The van der Waals surface area contributed by atoms with Crippen molar-refractivity contribution in [2.75, 3.05) is 6.54 Å². The highest BCUT2D eigenvalue weighted by Crippen LogP contribution is 2.23. The van der Waals surface area contributed by atoms with E-state index in [0.29, 0.717) is 30.9 Å². The zero-order chi connectivity index (χ0) is 17.6. The Morgan fingerprint density at radius 1 is 1.42 bits per heavy atom. The molecule has 0 saturated heterocycles. The Kier molecular flexibility index (Phi) is 6.34. The number of nitrogens with zero attached hydrogens (tertiary/aromatic N) is 1. The first-order valence-corrected chi connectivity index (χ1v) is 8.87. The molecule has 1 amide bonds. The van der Waals surface area contributed by atoms with E-state index in [1.165, 1.54) is 11.3 Å². The highest BCUT2D eigenvalue weighted by atomic mass is 32.1. The average molecular weight is 348 g/mol. The van der Waals surface area contributed by atoms with Gasteiger partial charge in [0.05, 0.1) is 22.9 Å². The minimum atomic E-state index is -0.398. The number of aromatic nitrogens is 1. The number of aliphatic hydroxyl groups is 1. The van der Waals surface area contributed by atoms with Gasteiger partial charge in [0.15, 0.2) is 0 Å². The molecular formula is C18H24N2O3S. The van der Waals surface area contributed by atoms with Crippen molar-refractivity contribution in [2.24, 2.45) is 5.41 Å². The number of thiazole rings is 1. The van der Waals surface area contributed by atoms with Crippen molar-refractivity contribution in [3.8, 4) is 5.75 Å². The summed E-state index contributed by atoms with van der Waals surface area (Å²) in [6, 6.07) is 7.17. The molecule has 0 aliphatic heterocycles. The molecule has 2 N–H and O–H groups in total. The molecule has 5 nitrogen and oxygen atoms in total. The predicted octanol–water partition coefficient (Wildman–Crippen LogP) is 3.25. The van der Waals surface area contributed by atoms with Gasteiger partial charge >= 0.3 is 0 Å². The standard InChI is InChI=1S/C18H24N2O3S/c1-13(21)8-18(2,3)11-19-17(22)15-6-4-5-7-16(15)23-9-14-10-24-12-20-14/h4-7,10,12-13,21H,8-9,11H2,1-3H3,(H,19,22). The molecule has 6 heteroatoms. The number of ether oxygens (including phenoxy) is 1. The summed E-state index contributed by atoms with van der Waals surface area (Å²) in [6.07, 6.45) is 0.223. The van der Waals surface area contributed by atoms with Crippen molar-refractivity contribution in [3.05, 3.63) is 46.4 Å². The predicted molar refractivity (Wildman–Crippen MR) is 95.3 cm³/mol. The molecule has 130 valence electrons.